The number of hydrogen-bond donors (Lipinski definition) is 4. The van der Waals surface area contributed by atoms with Crippen LogP contribution < -0.4 is 16.6 Å². The fourth-order valence-electron chi connectivity index (χ4n) is 1.24. The van der Waals surface area contributed by atoms with E-state index < -0.39 is 0 Å². The van der Waals surface area contributed by atoms with Gasteiger partial charge in [-0.05, 0) is 12.3 Å². The van der Waals surface area contributed by atoms with Gasteiger partial charge >= 0.3 is 0 Å². The quantitative estimate of drug-likeness (QED) is 0.181. The Labute approximate surface area is 101 Å². The van der Waals surface area contributed by atoms with E-state index in [2.05, 4.69) is 44.8 Å². The number of nitrogens with zero attached hydrogens (tertiary/aromatic N) is 3. The molecule has 0 fully saturated rings. The highest BCUT2D eigenvalue weighted by atomic mass is 15.3. The number of hydrazine groups is 1. The van der Waals surface area contributed by atoms with Crippen LogP contribution in [-0.2, 0) is 6.42 Å². The van der Waals surface area contributed by atoms with Gasteiger partial charge in [-0.15, -0.1) is 0 Å². The predicted molar refractivity (Wildman–Crippen MR) is 67.2 cm³/mol. The molecule has 7 heteroatoms. The first-order valence-corrected chi connectivity index (χ1v) is 5.81. The smallest absolute Gasteiger partial charge is 0.205 e. The van der Waals surface area contributed by atoms with Crippen molar-refractivity contribution < 1.29 is 0 Å². The molecule has 0 aliphatic carbocycles. The average molecular weight is 239 g/mol. The molecule has 0 atom stereocenters. The molecule has 5 N–H and O–H groups in total. The lowest BCUT2D eigenvalue weighted by Gasteiger charge is -2.09. The van der Waals surface area contributed by atoms with Crippen molar-refractivity contribution in [2.75, 3.05) is 13.1 Å². The van der Waals surface area contributed by atoms with Gasteiger partial charge in [0.15, 0.2) is 0 Å². The van der Waals surface area contributed by atoms with Gasteiger partial charge in [-0.1, -0.05) is 13.8 Å². The highest BCUT2D eigenvalue weighted by Crippen LogP contribution is 1.93. The van der Waals surface area contributed by atoms with Crippen molar-refractivity contribution in [3.63, 3.8) is 0 Å². The summed E-state index contributed by atoms with van der Waals surface area (Å²) in [6.07, 6.45) is 3.31. The van der Waals surface area contributed by atoms with Gasteiger partial charge in [0.1, 0.15) is 12.2 Å². The Balaban J connectivity index is 2.17. The number of H-pyrrole nitrogens is 1. The van der Waals surface area contributed by atoms with Crippen molar-refractivity contribution in [2.24, 2.45) is 16.8 Å². The number of hydrogen-bond acceptors (Lipinski definition) is 4. The third-order valence-electron chi connectivity index (χ3n) is 2.10. The normalized spacial score (nSPS) is 11.9. The maximum absolute atomic E-state index is 5.36. The number of nitrogens with two attached hydrogens (primary N) is 1. The van der Waals surface area contributed by atoms with Crippen LogP contribution in [-0.4, -0.2) is 34.2 Å². The second kappa shape index (κ2) is 7.61. The molecule has 0 spiro atoms. The second-order valence-corrected chi connectivity index (χ2v) is 4.19. The van der Waals surface area contributed by atoms with Crippen LogP contribution in [0.2, 0.25) is 0 Å². The summed E-state index contributed by atoms with van der Waals surface area (Å²) in [5.74, 6) is 7.42. The van der Waals surface area contributed by atoms with Gasteiger partial charge in [-0.25, -0.2) is 10.8 Å². The number of aromatic amines is 1. The van der Waals surface area contributed by atoms with E-state index in [0.717, 1.165) is 31.8 Å². The lowest BCUT2D eigenvalue weighted by atomic mass is 10.2. The third-order valence-corrected chi connectivity index (χ3v) is 2.10. The first-order chi connectivity index (χ1) is 8.22. The van der Waals surface area contributed by atoms with Gasteiger partial charge in [0, 0.05) is 19.5 Å². The van der Waals surface area contributed by atoms with E-state index in [0.29, 0.717) is 11.9 Å². The van der Waals surface area contributed by atoms with E-state index in [-0.39, 0.29) is 0 Å². The number of nitrogens with one attached hydrogen (secondary N) is 3. The van der Waals surface area contributed by atoms with E-state index in [4.69, 9.17) is 5.84 Å². The molecule has 0 saturated carbocycles. The second-order valence-electron chi connectivity index (χ2n) is 4.19. The van der Waals surface area contributed by atoms with Gasteiger partial charge in [0.25, 0.3) is 0 Å². The average Bonchev–Trinajstić information content (AvgIpc) is 2.81. The summed E-state index contributed by atoms with van der Waals surface area (Å²) in [6.45, 7) is 5.78. The maximum Gasteiger partial charge on any atom is 0.205 e. The van der Waals surface area contributed by atoms with Crippen LogP contribution in [0.5, 0.6) is 0 Å². The molecule has 0 bridgehead atoms. The molecule has 0 radical (unpaired) electrons. The van der Waals surface area contributed by atoms with Crippen LogP contribution in [0.25, 0.3) is 0 Å². The molecule has 0 aromatic carbocycles. The summed E-state index contributed by atoms with van der Waals surface area (Å²) in [5, 5.41) is 9.75. The van der Waals surface area contributed by atoms with E-state index >= 15 is 0 Å². The molecule has 0 saturated heterocycles. The molecule has 1 rings (SSSR count). The number of aromatic nitrogens is 3. The molecule has 0 unspecified atom stereocenters. The van der Waals surface area contributed by atoms with Gasteiger partial charge in [0.05, 0.1) is 0 Å². The fourth-order valence-corrected chi connectivity index (χ4v) is 1.24. The van der Waals surface area contributed by atoms with Gasteiger partial charge < -0.3 is 5.32 Å². The summed E-state index contributed by atoms with van der Waals surface area (Å²) in [6, 6.07) is 0. The van der Waals surface area contributed by atoms with Crippen molar-refractivity contribution in [3.05, 3.63) is 12.2 Å². The Kier molecular flexibility index (Phi) is 6.02. The molecule has 1 aromatic rings. The fraction of sp³-hybridized carbons (Fsp3) is 0.700. The molecule has 0 amide bonds. The van der Waals surface area contributed by atoms with E-state index in [1.807, 2.05) is 0 Å². The topological polar surface area (TPSA) is 104 Å². The Bertz CT molecular complexity index is 317. The van der Waals surface area contributed by atoms with Crippen molar-refractivity contribution >= 4 is 5.96 Å². The molecular weight excluding hydrogens is 218 g/mol. The molecule has 1 heterocycles. The van der Waals surface area contributed by atoms with E-state index in [1.54, 1.807) is 0 Å². The minimum Gasteiger partial charge on any atom is -0.355 e. The summed E-state index contributed by atoms with van der Waals surface area (Å²) in [5.41, 5.74) is 2.55. The lowest BCUT2D eigenvalue weighted by molar-refractivity contribution is 0.653. The summed E-state index contributed by atoms with van der Waals surface area (Å²) in [4.78, 5) is 8.36. The predicted octanol–water partition coefficient (Wildman–Crippen LogP) is -0.198. The highest BCUT2D eigenvalue weighted by molar-refractivity contribution is 5.79. The molecule has 17 heavy (non-hydrogen) atoms. The van der Waals surface area contributed by atoms with Crippen LogP contribution in [0.15, 0.2) is 11.3 Å². The van der Waals surface area contributed by atoms with Crippen molar-refractivity contribution in [1.82, 2.24) is 25.9 Å². The summed E-state index contributed by atoms with van der Waals surface area (Å²) >= 11 is 0. The zero-order valence-electron chi connectivity index (χ0n) is 10.4. The monoisotopic (exact) mass is 239 g/mol. The highest BCUT2D eigenvalue weighted by Gasteiger charge is 1.98. The van der Waals surface area contributed by atoms with Crippen molar-refractivity contribution in [2.45, 2.75) is 26.7 Å². The first kappa shape index (κ1) is 13.4. The number of rotatable bonds is 6. The van der Waals surface area contributed by atoms with Crippen LogP contribution >= 0.6 is 0 Å². The molecule has 0 aliphatic rings. The first-order valence-electron chi connectivity index (χ1n) is 5.81. The van der Waals surface area contributed by atoms with Gasteiger partial charge in [-0.2, -0.15) is 5.10 Å². The Morgan fingerprint density at radius 2 is 2.41 bits per heavy atom. The number of guanidine groups is 1. The van der Waals surface area contributed by atoms with E-state index in [9.17, 15) is 0 Å². The van der Waals surface area contributed by atoms with Crippen LogP contribution in [0, 0.1) is 5.92 Å². The Morgan fingerprint density at radius 1 is 1.59 bits per heavy atom. The minimum atomic E-state index is 0.523. The van der Waals surface area contributed by atoms with Crippen LogP contribution in [0.1, 0.15) is 26.1 Å². The third kappa shape index (κ3) is 5.86. The zero-order chi connectivity index (χ0) is 12.5. The van der Waals surface area contributed by atoms with Gasteiger partial charge in [-0.3, -0.25) is 15.5 Å². The minimum absolute atomic E-state index is 0.523. The Morgan fingerprint density at radius 3 is 3.00 bits per heavy atom. The molecule has 0 aliphatic heterocycles. The lowest BCUT2D eigenvalue weighted by Crippen LogP contribution is -2.42. The SMILES string of the molecule is CC(C)CN=C(NN)NCCCc1ncn[nH]1. The van der Waals surface area contributed by atoms with Crippen molar-refractivity contribution in [1.29, 1.82) is 0 Å². The van der Waals surface area contributed by atoms with Gasteiger partial charge in [0.2, 0.25) is 5.96 Å². The molecular formula is C10H21N7. The molecule has 96 valence electrons. The molecule has 7 nitrogen and oxygen atoms in total. The maximum atomic E-state index is 5.36. The van der Waals surface area contributed by atoms with Crippen LogP contribution in [0.4, 0.5) is 0 Å². The molecule has 1 aromatic heterocycles. The zero-order valence-corrected chi connectivity index (χ0v) is 10.4. The number of aliphatic imine (C=N–C) groups is 1. The van der Waals surface area contributed by atoms with Crippen LogP contribution in [0.3, 0.4) is 0 Å². The largest absolute Gasteiger partial charge is 0.355 e. The van der Waals surface area contributed by atoms with Crippen molar-refractivity contribution in [3.8, 4) is 0 Å². The van der Waals surface area contributed by atoms with E-state index in [1.165, 1.54) is 6.33 Å². The Hall–Kier alpha value is -1.63. The summed E-state index contributed by atoms with van der Waals surface area (Å²) in [7, 11) is 0. The summed E-state index contributed by atoms with van der Waals surface area (Å²) < 4.78 is 0. The number of aryl methyl sites for hydroxylation is 1. The standard InChI is InChI=1S/C10H21N7/c1-8(2)6-13-10(16-11)12-5-3-4-9-14-7-15-17-9/h7-8H,3-6,11H2,1-2H3,(H2,12,13,16)(H,14,15,17).